The topological polar surface area (TPSA) is 105 Å². The Kier molecular flexibility index (Phi) is 9.93. The molecule has 11 heteroatoms. The van der Waals surface area contributed by atoms with E-state index in [9.17, 15) is 18.0 Å². The standard InChI is InChI=1S/C30H34BrN3O6S/c1-21(2)17-32-30(36)26(15-22-7-5-4-6-8-22)33(18-23-9-11-24(31)12-10-23)29(35)19-34(41(3,37)38)25-13-14-27-28(16-25)40-20-39-27/h4-14,16,21,26H,15,17-20H2,1-3H3,(H,32,36). The molecule has 1 heterocycles. The molecule has 3 aromatic carbocycles. The highest BCUT2D eigenvalue weighted by Crippen LogP contribution is 2.36. The summed E-state index contributed by atoms with van der Waals surface area (Å²) in [7, 11) is -3.89. The summed E-state index contributed by atoms with van der Waals surface area (Å²) in [5.74, 6) is 0.276. The number of sulfonamides is 1. The van der Waals surface area contributed by atoms with Crippen LogP contribution in [0.2, 0.25) is 0 Å². The first-order chi connectivity index (χ1) is 19.5. The van der Waals surface area contributed by atoms with Crippen LogP contribution in [0.5, 0.6) is 11.5 Å². The van der Waals surface area contributed by atoms with Crippen LogP contribution in [0, 0.1) is 5.92 Å². The normalized spacial score (nSPS) is 13.1. The summed E-state index contributed by atoms with van der Waals surface area (Å²) in [5.41, 5.74) is 1.93. The van der Waals surface area contributed by atoms with Crippen LogP contribution in [0.3, 0.4) is 0 Å². The molecule has 0 saturated heterocycles. The number of hydrogen-bond acceptors (Lipinski definition) is 6. The Labute approximate surface area is 249 Å². The molecule has 3 aromatic rings. The number of rotatable bonds is 12. The van der Waals surface area contributed by atoms with Gasteiger partial charge in [-0.2, -0.15) is 0 Å². The van der Waals surface area contributed by atoms with Crippen LogP contribution >= 0.6 is 15.9 Å². The second kappa shape index (κ2) is 13.4. The van der Waals surface area contributed by atoms with Gasteiger partial charge in [0.2, 0.25) is 28.6 Å². The Morgan fingerprint density at radius 3 is 2.29 bits per heavy atom. The smallest absolute Gasteiger partial charge is 0.244 e. The molecule has 0 aliphatic carbocycles. The molecule has 9 nitrogen and oxygen atoms in total. The number of carbonyl (C=O) groups excluding carboxylic acids is 2. The van der Waals surface area contributed by atoms with E-state index in [2.05, 4.69) is 21.2 Å². The predicted molar refractivity (Wildman–Crippen MR) is 161 cm³/mol. The molecule has 0 bridgehead atoms. The van der Waals surface area contributed by atoms with Gasteiger partial charge in [0.1, 0.15) is 12.6 Å². The third-order valence-corrected chi connectivity index (χ3v) is 8.21. The lowest BCUT2D eigenvalue weighted by Crippen LogP contribution is -2.53. The maximum Gasteiger partial charge on any atom is 0.244 e. The molecule has 1 aliphatic rings. The number of nitrogens with one attached hydrogen (secondary N) is 1. The predicted octanol–water partition coefficient (Wildman–Crippen LogP) is 4.36. The number of amides is 2. The van der Waals surface area contributed by atoms with E-state index in [1.165, 1.54) is 11.0 Å². The maximum absolute atomic E-state index is 14.1. The summed E-state index contributed by atoms with van der Waals surface area (Å²) < 4.78 is 38.6. The summed E-state index contributed by atoms with van der Waals surface area (Å²) >= 11 is 3.44. The van der Waals surface area contributed by atoms with Gasteiger partial charge in [-0.15, -0.1) is 0 Å². The highest BCUT2D eigenvalue weighted by atomic mass is 79.9. The van der Waals surface area contributed by atoms with Gasteiger partial charge in [-0.25, -0.2) is 8.42 Å². The average molecular weight is 645 g/mol. The lowest BCUT2D eigenvalue weighted by atomic mass is 10.0. The van der Waals surface area contributed by atoms with Crippen molar-refractivity contribution in [1.82, 2.24) is 10.2 Å². The quantitative estimate of drug-likeness (QED) is 0.315. The fraction of sp³-hybridized carbons (Fsp3) is 0.333. The van der Waals surface area contributed by atoms with Gasteiger partial charge in [0.05, 0.1) is 11.9 Å². The van der Waals surface area contributed by atoms with Gasteiger partial charge < -0.3 is 19.7 Å². The summed E-state index contributed by atoms with van der Waals surface area (Å²) in [6.45, 7) is 4.07. The van der Waals surface area contributed by atoms with Crippen LogP contribution in [0.15, 0.2) is 77.3 Å². The third kappa shape index (κ3) is 8.23. The van der Waals surface area contributed by atoms with Crippen LogP contribution < -0.4 is 19.1 Å². The minimum absolute atomic E-state index is 0.0320. The van der Waals surface area contributed by atoms with Crippen LogP contribution in [-0.4, -0.2) is 57.3 Å². The zero-order valence-electron chi connectivity index (χ0n) is 23.2. The minimum Gasteiger partial charge on any atom is -0.454 e. The Bertz CT molecular complexity index is 1470. The molecule has 1 unspecified atom stereocenters. The molecular formula is C30H34BrN3O6S. The van der Waals surface area contributed by atoms with Gasteiger partial charge in [-0.3, -0.25) is 13.9 Å². The van der Waals surface area contributed by atoms with E-state index in [4.69, 9.17) is 9.47 Å². The molecule has 1 atom stereocenters. The summed E-state index contributed by atoms with van der Waals surface area (Å²) in [6, 6.07) is 20.7. The number of benzene rings is 3. The van der Waals surface area contributed by atoms with E-state index in [0.717, 1.165) is 26.2 Å². The molecule has 0 spiro atoms. The molecule has 1 aliphatic heterocycles. The highest BCUT2D eigenvalue weighted by molar-refractivity contribution is 9.10. The molecule has 0 radical (unpaired) electrons. The van der Waals surface area contributed by atoms with Gasteiger partial charge in [-0.1, -0.05) is 72.2 Å². The molecule has 218 valence electrons. The van der Waals surface area contributed by atoms with Gasteiger partial charge >= 0.3 is 0 Å². The lowest BCUT2D eigenvalue weighted by molar-refractivity contribution is -0.140. The monoisotopic (exact) mass is 643 g/mol. The number of ether oxygens (including phenoxy) is 2. The average Bonchev–Trinajstić information content (AvgIpc) is 3.41. The van der Waals surface area contributed by atoms with E-state index in [1.807, 2.05) is 68.4 Å². The van der Waals surface area contributed by atoms with E-state index in [1.54, 1.807) is 12.1 Å². The summed E-state index contributed by atoms with van der Waals surface area (Å²) in [5, 5.41) is 2.97. The van der Waals surface area contributed by atoms with Gasteiger partial charge in [0.15, 0.2) is 11.5 Å². The Morgan fingerprint density at radius 2 is 1.63 bits per heavy atom. The molecular weight excluding hydrogens is 610 g/mol. The van der Waals surface area contributed by atoms with Crippen LogP contribution in [0.4, 0.5) is 5.69 Å². The maximum atomic E-state index is 14.1. The van der Waals surface area contributed by atoms with Crippen molar-refractivity contribution in [2.24, 2.45) is 5.92 Å². The van der Waals surface area contributed by atoms with Gasteiger partial charge in [0, 0.05) is 30.0 Å². The third-order valence-electron chi connectivity index (χ3n) is 6.55. The van der Waals surface area contributed by atoms with Crippen LogP contribution in [0.1, 0.15) is 25.0 Å². The number of carbonyl (C=O) groups is 2. The van der Waals surface area contributed by atoms with Crippen molar-refractivity contribution in [1.29, 1.82) is 0 Å². The second-order valence-electron chi connectivity index (χ2n) is 10.3. The largest absolute Gasteiger partial charge is 0.454 e. The molecule has 4 rings (SSSR count). The van der Waals surface area contributed by atoms with E-state index in [0.29, 0.717) is 18.0 Å². The van der Waals surface area contributed by atoms with Crippen molar-refractivity contribution in [3.8, 4) is 11.5 Å². The zero-order valence-corrected chi connectivity index (χ0v) is 25.7. The van der Waals surface area contributed by atoms with E-state index in [-0.39, 0.29) is 37.3 Å². The molecule has 0 saturated carbocycles. The van der Waals surface area contributed by atoms with Crippen molar-refractivity contribution in [3.63, 3.8) is 0 Å². The van der Waals surface area contributed by atoms with Gasteiger partial charge in [0.25, 0.3) is 0 Å². The Morgan fingerprint density at radius 1 is 0.951 bits per heavy atom. The molecule has 1 N–H and O–H groups in total. The van der Waals surface area contributed by atoms with Crippen molar-refractivity contribution < 1.29 is 27.5 Å². The SMILES string of the molecule is CC(C)CNC(=O)C(Cc1ccccc1)N(Cc1ccc(Br)cc1)C(=O)CN(c1ccc2c(c1)OCO2)S(C)(=O)=O. The second-order valence-corrected chi connectivity index (χ2v) is 13.1. The first kappa shape index (κ1) is 30.4. The van der Waals surface area contributed by atoms with E-state index < -0.39 is 28.5 Å². The van der Waals surface area contributed by atoms with Crippen molar-refractivity contribution in [3.05, 3.63) is 88.4 Å². The summed E-state index contributed by atoms with van der Waals surface area (Å²) in [6.07, 6.45) is 1.30. The first-order valence-corrected chi connectivity index (χ1v) is 15.9. The molecule has 41 heavy (non-hydrogen) atoms. The highest BCUT2D eigenvalue weighted by Gasteiger charge is 2.33. The van der Waals surface area contributed by atoms with Gasteiger partial charge in [-0.05, 0) is 41.3 Å². The molecule has 0 aromatic heterocycles. The number of nitrogens with zero attached hydrogens (tertiary/aromatic N) is 2. The van der Waals surface area contributed by atoms with Crippen molar-refractivity contribution in [2.75, 3.05) is 30.4 Å². The lowest BCUT2D eigenvalue weighted by Gasteiger charge is -2.33. The first-order valence-electron chi connectivity index (χ1n) is 13.2. The number of fused-ring (bicyclic) bond motifs is 1. The van der Waals surface area contributed by atoms with Crippen LogP contribution in [0.25, 0.3) is 0 Å². The van der Waals surface area contributed by atoms with E-state index >= 15 is 0 Å². The number of halogens is 1. The Balaban J connectivity index is 1.71. The fourth-order valence-electron chi connectivity index (χ4n) is 4.42. The number of hydrogen-bond donors (Lipinski definition) is 1. The minimum atomic E-state index is -3.89. The van der Waals surface area contributed by atoms with Crippen molar-refractivity contribution in [2.45, 2.75) is 32.9 Å². The summed E-state index contributed by atoms with van der Waals surface area (Å²) in [4.78, 5) is 29.2. The Hall–Kier alpha value is -3.57. The molecule has 2 amide bonds. The number of anilines is 1. The van der Waals surface area contributed by atoms with Crippen molar-refractivity contribution >= 4 is 43.5 Å². The fourth-order valence-corrected chi connectivity index (χ4v) is 5.52. The zero-order chi connectivity index (χ0) is 29.6. The van der Waals surface area contributed by atoms with Crippen LogP contribution in [-0.2, 0) is 32.6 Å². The molecule has 0 fully saturated rings.